The highest BCUT2D eigenvalue weighted by Gasteiger charge is 2.24. The van der Waals surface area contributed by atoms with Gasteiger partial charge in [-0.15, -0.1) is 0 Å². The van der Waals surface area contributed by atoms with Gasteiger partial charge in [0.15, 0.2) is 5.13 Å². The van der Waals surface area contributed by atoms with Gasteiger partial charge >= 0.3 is 0 Å². The highest BCUT2D eigenvalue weighted by atomic mass is 32.2. The number of methoxy groups -OCH3 is 2. The van der Waals surface area contributed by atoms with Crippen LogP contribution in [0.25, 0.3) is 10.2 Å². The van der Waals surface area contributed by atoms with Gasteiger partial charge in [0, 0.05) is 24.7 Å². The van der Waals surface area contributed by atoms with Crippen LogP contribution in [-0.4, -0.2) is 50.9 Å². The number of ether oxygens (including phenoxy) is 2. The van der Waals surface area contributed by atoms with Crippen LogP contribution < -0.4 is 14.8 Å². The summed E-state index contributed by atoms with van der Waals surface area (Å²) in [6.45, 7) is 5.06. The summed E-state index contributed by atoms with van der Waals surface area (Å²) in [5.41, 5.74) is 0.973. The van der Waals surface area contributed by atoms with Crippen molar-refractivity contribution in [3.05, 3.63) is 42.0 Å². The van der Waals surface area contributed by atoms with E-state index >= 15 is 0 Å². The van der Waals surface area contributed by atoms with Crippen molar-refractivity contribution < 1.29 is 22.7 Å². The summed E-state index contributed by atoms with van der Waals surface area (Å²) in [5.74, 6) is 0.814. The van der Waals surface area contributed by atoms with E-state index in [0.717, 1.165) is 30.4 Å². The van der Waals surface area contributed by atoms with Crippen LogP contribution >= 0.6 is 11.3 Å². The third-order valence-electron chi connectivity index (χ3n) is 5.39. The van der Waals surface area contributed by atoms with E-state index in [9.17, 15) is 13.2 Å². The summed E-state index contributed by atoms with van der Waals surface area (Å²) >= 11 is 1.30. The Morgan fingerprint density at radius 3 is 2.24 bits per heavy atom. The molecule has 0 saturated carbocycles. The molecule has 1 aromatic heterocycles. The number of hydrogen-bond acceptors (Lipinski definition) is 7. The number of thiazole rings is 1. The lowest BCUT2D eigenvalue weighted by Crippen LogP contribution is -2.33. The number of anilines is 1. The monoisotopic (exact) mass is 505 g/mol. The van der Waals surface area contributed by atoms with E-state index in [1.165, 1.54) is 39.9 Å². The lowest BCUT2D eigenvalue weighted by atomic mass is 10.2. The summed E-state index contributed by atoms with van der Waals surface area (Å²) in [5, 5.41) is 3.20. The van der Waals surface area contributed by atoms with Gasteiger partial charge in [-0.1, -0.05) is 38.0 Å². The highest BCUT2D eigenvalue weighted by molar-refractivity contribution is 7.89. The molecule has 3 aromatic rings. The molecule has 0 unspecified atom stereocenters. The van der Waals surface area contributed by atoms with Gasteiger partial charge in [-0.05, 0) is 43.2 Å². The van der Waals surface area contributed by atoms with Crippen LogP contribution in [0.2, 0.25) is 0 Å². The molecule has 0 spiro atoms. The van der Waals surface area contributed by atoms with Gasteiger partial charge < -0.3 is 9.47 Å². The number of benzene rings is 2. The van der Waals surface area contributed by atoms with Crippen molar-refractivity contribution in [2.75, 3.05) is 32.6 Å². The first-order valence-corrected chi connectivity index (χ1v) is 13.5. The van der Waals surface area contributed by atoms with E-state index in [2.05, 4.69) is 10.3 Å². The highest BCUT2D eigenvalue weighted by Crippen LogP contribution is 2.36. The van der Waals surface area contributed by atoms with Gasteiger partial charge in [0.05, 0.1) is 23.8 Å². The van der Waals surface area contributed by atoms with Gasteiger partial charge in [0.2, 0.25) is 10.0 Å². The number of carbonyl (C=O) groups is 1. The molecular weight excluding hydrogens is 474 g/mol. The quantitative estimate of drug-likeness (QED) is 0.365. The van der Waals surface area contributed by atoms with Crippen LogP contribution in [0.1, 0.15) is 49.9 Å². The molecule has 1 amide bonds. The standard InChI is InChI=1S/C24H31N3O5S2/c1-5-7-13-27(14-8-6-2)34(29,30)19-11-9-17(10-12-19)23(28)26-24-25-22-20(32-4)15-18(31-3)16-21(22)33-24/h9-12,15-16H,5-8,13-14H2,1-4H3,(H,25,26,28). The fourth-order valence-corrected chi connectivity index (χ4v) is 5.84. The van der Waals surface area contributed by atoms with E-state index < -0.39 is 10.0 Å². The van der Waals surface area contributed by atoms with Gasteiger partial charge in [-0.3, -0.25) is 10.1 Å². The average molecular weight is 506 g/mol. The molecule has 1 N–H and O–H groups in total. The van der Waals surface area contributed by atoms with Crippen LogP contribution in [0.3, 0.4) is 0 Å². The summed E-state index contributed by atoms with van der Waals surface area (Å²) in [4.78, 5) is 17.4. The van der Waals surface area contributed by atoms with Crippen molar-refractivity contribution in [1.82, 2.24) is 9.29 Å². The van der Waals surface area contributed by atoms with Gasteiger partial charge in [-0.2, -0.15) is 4.31 Å². The van der Waals surface area contributed by atoms with Crippen LogP contribution in [0.15, 0.2) is 41.3 Å². The predicted octanol–water partition coefficient (Wildman–Crippen LogP) is 5.16. The maximum atomic E-state index is 13.1. The molecule has 2 aromatic carbocycles. The first-order valence-electron chi connectivity index (χ1n) is 11.3. The molecule has 3 rings (SSSR count). The second-order valence-electron chi connectivity index (χ2n) is 7.79. The molecule has 0 bridgehead atoms. The van der Waals surface area contributed by atoms with Crippen LogP contribution in [-0.2, 0) is 10.0 Å². The van der Waals surface area contributed by atoms with Crippen molar-refractivity contribution in [1.29, 1.82) is 0 Å². The smallest absolute Gasteiger partial charge is 0.257 e. The van der Waals surface area contributed by atoms with E-state index in [4.69, 9.17) is 9.47 Å². The number of unbranched alkanes of at least 4 members (excludes halogenated alkanes) is 2. The fourth-order valence-electron chi connectivity index (χ4n) is 3.42. The second-order valence-corrected chi connectivity index (χ2v) is 10.8. The molecule has 0 fully saturated rings. The lowest BCUT2D eigenvalue weighted by Gasteiger charge is -2.22. The van der Waals surface area contributed by atoms with Crippen LogP contribution in [0.5, 0.6) is 11.5 Å². The minimum absolute atomic E-state index is 0.188. The molecule has 0 radical (unpaired) electrons. The zero-order valence-corrected chi connectivity index (χ0v) is 21.6. The summed E-state index contributed by atoms with van der Waals surface area (Å²) in [6.07, 6.45) is 3.45. The molecule has 0 saturated heterocycles. The maximum Gasteiger partial charge on any atom is 0.257 e. The largest absolute Gasteiger partial charge is 0.497 e. The maximum absolute atomic E-state index is 13.1. The number of sulfonamides is 1. The summed E-state index contributed by atoms with van der Waals surface area (Å²) in [6, 6.07) is 9.58. The average Bonchev–Trinajstić information content (AvgIpc) is 3.25. The van der Waals surface area contributed by atoms with Crippen LogP contribution in [0, 0.1) is 0 Å². The van der Waals surface area contributed by atoms with Crippen molar-refractivity contribution in [2.45, 2.75) is 44.4 Å². The van der Waals surface area contributed by atoms with Crippen molar-refractivity contribution in [2.24, 2.45) is 0 Å². The lowest BCUT2D eigenvalue weighted by molar-refractivity contribution is 0.102. The number of rotatable bonds is 12. The molecule has 184 valence electrons. The number of aromatic nitrogens is 1. The Morgan fingerprint density at radius 2 is 1.68 bits per heavy atom. The van der Waals surface area contributed by atoms with E-state index in [0.29, 0.717) is 40.8 Å². The minimum atomic E-state index is -3.61. The number of carbonyl (C=O) groups excluding carboxylic acids is 1. The minimum Gasteiger partial charge on any atom is -0.497 e. The van der Waals surface area contributed by atoms with Crippen molar-refractivity contribution >= 4 is 42.6 Å². The van der Waals surface area contributed by atoms with E-state index in [1.807, 2.05) is 19.9 Å². The van der Waals surface area contributed by atoms with E-state index in [1.54, 1.807) is 20.3 Å². The van der Waals surface area contributed by atoms with Gasteiger partial charge in [0.1, 0.15) is 17.0 Å². The number of nitrogens with zero attached hydrogens (tertiary/aromatic N) is 2. The first-order chi connectivity index (χ1) is 16.3. The molecule has 0 atom stereocenters. The Hall–Kier alpha value is -2.69. The summed E-state index contributed by atoms with van der Waals surface area (Å²) in [7, 11) is -0.494. The zero-order valence-electron chi connectivity index (χ0n) is 20.0. The Balaban J connectivity index is 1.78. The molecule has 0 aliphatic rings. The molecule has 10 heteroatoms. The number of fused-ring (bicyclic) bond motifs is 1. The second kappa shape index (κ2) is 11.6. The Kier molecular flexibility index (Phi) is 8.87. The zero-order chi connectivity index (χ0) is 24.7. The molecule has 8 nitrogen and oxygen atoms in total. The predicted molar refractivity (Wildman–Crippen MR) is 136 cm³/mol. The number of nitrogens with one attached hydrogen (secondary N) is 1. The normalized spacial score (nSPS) is 11.7. The third-order valence-corrected chi connectivity index (χ3v) is 8.22. The van der Waals surface area contributed by atoms with Crippen molar-refractivity contribution in [3.8, 4) is 11.5 Å². The van der Waals surface area contributed by atoms with Gasteiger partial charge in [-0.25, -0.2) is 13.4 Å². The van der Waals surface area contributed by atoms with Crippen molar-refractivity contribution in [3.63, 3.8) is 0 Å². The Labute approximate surface area is 205 Å². The van der Waals surface area contributed by atoms with E-state index in [-0.39, 0.29) is 10.8 Å². The van der Waals surface area contributed by atoms with Crippen LogP contribution in [0.4, 0.5) is 5.13 Å². The SMILES string of the molecule is CCCCN(CCCC)S(=O)(=O)c1ccc(C(=O)Nc2nc3c(OC)cc(OC)cc3s2)cc1. The first kappa shape index (κ1) is 25.9. The molecule has 34 heavy (non-hydrogen) atoms. The Morgan fingerprint density at radius 1 is 1.03 bits per heavy atom. The topological polar surface area (TPSA) is 97.8 Å². The number of hydrogen-bond donors (Lipinski definition) is 1. The Bertz CT molecular complexity index is 1220. The molecule has 0 aliphatic heterocycles. The fraction of sp³-hybridized carbons (Fsp3) is 0.417. The van der Waals surface area contributed by atoms with Gasteiger partial charge in [0.25, 0.3) is 5.91 Å². The molecule has 1 heterocycles. The molecular formula is C24H31N3O5S2. The number of amides is 1. The molecule has 0 aliphatic carbocycles. The summed E-state index contributed by atoms with van der Waals surface area (Å²) < 4.78 is 39.3. The third kappa shape index (κ3) is 5.86.